The van der Waals surface area contributed by atoms with E-state index in [9.17, 15) is 15.8 Å². The summed E-state index contributed by atoms with van der Waals surface area (Å²) in [5, 5.41) is 35.2. The smallest absolute Gasteiger partial charge is 0.164 e. The highest BCUT2D eigenvalue weighted by atomic mass is 15.0. The lowest BCUT2D eigenvalue weighted by atomic mass is 9.96. The summed E-state index contributed by atoms with van der Waals surface area (Å²) in [6, 6.07) is 120. The molecule has 3 aromatic heterocycles. The Morgan fingerprint density at radius 2 is 0.551 bits per heavy atom. The maximum atomic E-state index is 10.4. The lowest BCUT2D eigenvalue weighted by Gasteiger charge is -2.17. The van der Waals surface area contributed by atoms with Crippen LogP contribution in [0.2, 0.25) is 0 Å². The van der Waals surface area contributed by atoms with Crippen molar-refractivity contribution in [1.29, 1.82) is 15.8 Å². The third-order valence-electron chi connectivity index (χ3n) is 18.7. The highest BCUT2D eigenvalue weighted by Gasteiger charge is 2.24. The van der Waals surface area contributed by atoms with Gasteiger partial charge in [-0.3, -0.25) is 0 Å². The molecule has 0 aliphatic heterocycles. The quantitative estimate of drug-likeness (QED) is 0.120. The summed E-state index contributed by atoms with van der Waals surface area (Å²) in [6.45, 7) is 0. The second-order valence-corrected chi connectivity index (χ2v) is 24.4. The molecule has 3 heterocycles. The fourth-order valence-corrected chi connectivity index (χ4v) is 13.9. The van der Waals surface area contributed by atoms with Crippen LogP contribution in [0.5, 0.6) is 0 Å². The first kappa shape index (κ1) is 58.0. The van der Waals surface area contributed by atoms with E-state index in [1.807, 2.05) is 121 Å². The summed E-state index contributed by atoms with van der Waals surface area (Å²) >= 11 is 0. The minimum Gasteiger partial charge on any atom is -0.309 e. The first-order valence-electron chi connectivity index (χ1n) is 32.5. The minimum absolute atomic E-state index is 0.418. The number of rotatable bonds is 12. The van der Waals surface area contributed by atoms with Crippen LogP contribution >= 0.6 is 0 Å². The van der Waals surface area contributed by atoms with Gasteiger partial charge in [-0.2, -0.15) is 15.8 Å². The summed E-state index contributed by atoms with van der Waals surface area (Å²) in [5.74, 6) is 1.26. The van der Waals surface area contributed by atoms with Crippen molar-refractivity contribution in [2.45, 2.75) is 0 Å². The maximum absolute atomic E-state index is 10.4. The fourth-order valence-electron chi connectivity index (χ4n) is 13.9. The number of fused-ring (bicyclic) bond motifs is 6. The van der Waals surface area contributed by atoms with E-state index in [1.165, 1.54) is 0 Å². The van der Waals surface area contributed by atoms with E-state index in [0.29, 0.717) is 34.2 Å². The molecule has 8 heteroatoms. The second kappa shape index (κ2) is 24.6. The molecule has 0 aliphatic carbocycles. The molecule has 0 N–H and O–H groups in total. The van der Waals surface area contributed by atoms with Gasteiger partial charge in [0.25, 0.3) is 0 Å². The molecular weight excluding hydrogens is 1190 g/mol. The van der Waals surface area contributed by atoms with Crippen molar-refractivity contribution in [2.24, 2.45) is 0 Å². The van der Waals surface area contributed by atoms with Gasteiger partial charge in [-0.05, 0) is 199 Å². The van der Waals surface area contributed by atoms with Gasteiger partial charge in [-0.15, -0.1) is 0 Å². The van der Waals surface area contributed by atoms with Crippen LogP contribution < -0.4 is 0 Å². The van der Waals surface area contributed by atoms with Crippen LogP contribution in [0.3, 0.4) is 0 Å². The Labute approximate surface area is 566 Å². The van der Waals surface area contributed by atoms with Gasteiger partial charge in [0, 0.05) is 49.6 Å². The third kappa shape index (κ3) is 10.5. The number of aromatic nitrogens is 5. The largest absolute Gasteiger partial charge is 0.309 e. The zero-order chi connectivity index (χ0) is 65.6. The predicted octanol–water partition coefficient (Wildman–Crippen LogP) is 22.4. The average molecular weight is 1250 g/mol. The van der Waals surface area contributed by atoms with Gasteiger partial charge in [-0.1, -0.05) is 206 Å². The predicted molar refractivity (Wildman–Crippen MR) is 397 cm³/mol. The Morgan fingerprint density at radius 1 is 0.214 bits per heavy atom. The molecule has 0 saturated heterocycles. The maximum Gasteiger partial charge on any atom is 0.164 e. The molecule has 14 aromatic carbocycles. The molecule has 0 amide bonds. The van der Waals surface area contributed by atoms with Crippen LogP contribution in [0.15, 0.2) is 328 Å². The van der Waals surface area contributed by atoms with Crippen LogP contribution in [-0.2, 0) is 0 Å². The topological polar surface area (TPSA) is 120 Å². The molecule has 17 rings (SSSR count). The number of nitriles is 3. The average Bonchev–Trinajstić information content (AvgIpc) is 1.56. The van der Waals surface area contributed by atoms with E-state index in [1.54, 1.807) is 0 Å². The van der Waals surface area contributed by atoms with Crippen molar-refractivity contribution in [3.63, 3.8) is 0 Å². The van der Waals surface area contributed by atoms with Crippen molar-refractivity contribution < 1.29 is 0 Å². The van der Waals surface area contributed by atoms with E-state index in [0.717, 1.165) is 150 Å². The van der Waals surface area contributed by atoms with Gasteiger partial charge in [0.05, 0.1) is 57.0 Å². The van der Waals surface area contributed by atoms with Crippen LogP contribution in [0.4, 0.5) is 0 Å². The summed E-state index contributed by atoms with van der Waals surface area (Å²) in [5.41, 5.74) is 23.9. The van der Waals surface area contributed by atoms with Crippen LogP contribution in [0, 0.1) is 34.0 Å². The lowest BCUT2D eigenvalue weighted by Crippen LogP contribution is -2.04. The molecule has 0 fully saturated rings. The van der Waals surface area contributed by atoms with Gasteiger partial charge in [-0.25, -0.2) is 15.0 Å². The number of hydrogen-bond donors (Lipinski definition) is 0. The van der Waals surface area contributed by atoms with E-state index < -0.39 is 0 Å². The van der Waals surface area contributed by atoms with Crippen molar-refractivity contribution in [3.05, 3.63) is 344 Å². The molecule has 0 aliphatic rings. The van der Waals surface area contributed by atoms with Gasteiger partial charge in [0.2, 0.25) is 0 Å². The standard InChI is InChI=1S/C90H54N8/c91-55-58-28-32-64(33-29-58)78-53-73(97-84-44-36-66(60-16-5-1-6-17-60)49-80(84)81-50-67(37-45-85(81)97)61-18-7-2-8-19-61)40-42-76(78)89-94-88(71-26-15-25-70(48-71)75-27-14-13-24-72(75)57-93)95-90(96-89)77-43-41-74(54-79(77)65-34-30-59(56-92)31-35-65)98-86-46-38-68(62-20-9-3-10-21-62)51-82(86)83-52-69(39-47-87(83)98)63-22-11-4-12-23-63/h1-54H. The molecule has 0 radical (unpaired) electrons. The molecule has 454 valence electrons. The summed E-state index contributed by atoms with van der Waals surface area (Å²) < 4.78 is 4.68. The zero-order valence-corrected chi connectivity index (χ0v) is 52.8. The fraction of sp³-hybridized carbons (Fsp3) is 0. The normalized spacial score (nSPS) is 11.2. The SMILES string of the molecule is N#Cc1ccc(-c2cc(-n3c4ccc(-c5ccccc5)cc4c4cc(-c5ccccc5)ccc43)ccc2-c2nc(-c3cccc(-c4ccccc4C#N)c3)nc(-c3ccc(-n4c5ccc(-c6ccccc6)cc5c5cc(-c6ccccc6)ccc54)cc3-c3ccc(C#N)cc3)n2)cc1. The molecule has 8 nitrogen and oxygen atoms in total. The van der Waals surface area contributed by atoms with E-state index >= 15 is 0 Å². The second-order valence-electron chi connectivity index (χ2n) is 24.4. The zero-order valence-electron chi connectivity index (χ0n) is 52.8. The van der Waals surface area contributed by atoms with Crippen molar-refractivity contribution >= 4 is 43.6 Å². The summed E-state index contributed by atoms with van der Waals surface area (Å²) in [4.78, 5) is 16.6. The Hall–Kier alpha value is -13.8. The molecule has 0 spiro atoms. The highest BCUT2D eigenvalue weighted by Crippen LogP contribution is 2.44. The van der Waals surface area contributed by atoms with Crippen LogP contribution in [0.1, 0.15) is 16.7 Å². The van der Waals surface area contributed by atoms with Crippen LogP contribution in [0.25, 0.3) is 167 Å². The molecule has 0 bridgehead atoms. The molecule has 0 saturated carbocycles. The molecule has 0 unspecified atom stereocenters. The number of benzene rings is 14. The number of nitrogens with zero attached hydrogens (tertiary/aromatic N) is 8. The van der Waals surface area contributed by atoms with E-state index in [-0.39, 0.29) is 0 Å². The summed E-state index contributed by atoms with van der Waals surface area (Å²) in [7, 11) is 0. The van der Waals surface area contributed by atoms with Gasteiger partial charge in [0.15, 0.2) is 17.5 Å². The van der Waals surface area contributed by atoms with Gasteiger partial charge in [0.1, 0.15) is 0 Å². The molecule has 17 aromatic rings. The Morgan fingerprint density at radius 3 is 0.929 bits per heavy atom. The highest BCUT2D eigenvalue weighted by molar-refractivity contribution is 6.13. The minimum atomic E-state index is 0.418. The number of hydrogen-bond acceptors (Lipinski definition) is 6. The first-order chi connectivity index (χ1) is 48.4. The van der Waals surface area contributed by atoms with Gasteiger partial charge < -0.3 is 9.13 Å². The van der Waals surface area contributed by atoms with Gasteiger partial charge >= 0.3 is 0 Å². The summed E-state index contributed by atoms with van der Waals surface area (Å²) in [6.07, 6.45) is 0. The Balaban J connectivity index is 0.897. The molecular formula is C90H54N8. The third-order valence-corrected chi connectivity index (χ3v) is 18.7. The monoisotopic (exact) mass is 1250 g/mol. The molecule has 98 heavy (non-hydrogen) atoms. The van der Waals surface area contributed by atoms with Crippen molar-refractivity contribution in [2.75, 3.05) is 0 Å². The molecule has 0 atom stereocenters. The first-order valence-corrected chi connectivity index (χ1v) is 32.5. The Bertz CT molecular complexity index is 5590. The van der Waals surface area contributed by atoms with Crippen molar-refractivity contribution in [1.82, 2.24) is 24.1 Å². The lowest BCUT2D eigenvalue weighted by molar-refractivity contribution is 1.07. The van der Waals surface area contributed by atoms with Crippen LogP contribution in [-0.4, -0.2) is 24.1 Å². The van der Waals surface area contributed by atoms with E-state index in [2.05, 4.69) is 234 Å². The van der Waals surface area contributed by atoms with Crippen molar-refractivity contribution in [3.8, 4) is 142 Å². The van der Waals surface area contributed by atoms with E-state index in [4.69, 9.17) is 15.0 Å². The Kier molecular flexibility index (Phi) is 14.5.